The van der Waals surface area contributed by atoms with E-state index < -0.39 is 24.0 Å². The van der Waals surface area contributed by atoms with Crippen LogP contribution in [-0.2, 0) is 9.59 Å². The molecule has 2 amide bonds. The van der Waals surface area contributed by atoms with E-state index in [0.717, 1.165) is 25.7 Å². The number of carbonyl (C=O) groups excluding carboxylic acids is 2. The average Bonchev–Trinajstić information content (AvgIpc) is 3.00. The van der Waals surface area contributed by atoms with E-state index in [1.165, 1.54) is 6.92 Å². The monoisotopic (exact) mass is 378 g/mol. The van der Waals surface area contributed by atoms with Crippen molar-refractivity contribution < 1.29 is 19.5 Å². The number of nitrogens with zero attached hydrogens (tertiary/aromatic N) is 1. The smallest absolute Gasteiger partial charge is 0.325 e. The Morgan fingerprint density at radius 3 is 2.69 bits per heavy atom. The van der Waals surface area contributed by atoms with Crippen LogP contribution >= 0.6 is 11.6 Å². The Hall–Kier alpha value is -2.08. The van der Waals surface area contributed by atoms with Crippen LogP contribution in [0.3, 0.4) is 0 Å². The number of benzene rings is 1. The summed E-state index contributed by atoms with van der Waals surface area (Å²) in [6.07, 6.45) is 4.56. The first-order chi connectivity index (χ1) is 12.4. The maximum Gasteiger partial charge on any atom is 0.325 e. The highest BCUT2D eigenvalue weighted by molar-refractivity contribution is 6.31. The van der Waals surface area contributed by atoms with Gasteiger partial charge in [0.25, 0.3) is 5.91 Å². The first kappa shape index (κ1) is 18.7. The van der Waals surface area contributed by atoms with Crippen molar-refractivity contribution >= 4 is 29.4 Å². The third-order valence-electron chi connectivity index (χ3n) is 5.43. The summed E-state index contributed by atoms with van der Waals surface area (Å²) in [6.45, 7) is 1.42. The summed E-state index contributed by atoms with van der Waals surface area (Å²) < 4.78 is 0. The van der Waals surface area contributed by atoms with Gasteiger partial charge < -0.3 is 15.3 Å². The van der Waals surface area contributed by atoms with E-state index in [-0.39, 0.29) is 17.9 Å². The third-order valence-corrected chi connectivity index (χ3v) is 5.66. The Labute approximate surface area is 157 Å². The molecule has 6 nitrogen and oxygen atoms in total. The van der Waals surface area contributed by atoms with Gasteiger partial charge in [-0.2, -0.15) is 0 Å². The normalized spacial score (nSPS) is 26.1. The van der Waals surface area contributed by atoms with Gasteiger partial charge in [-0.3, -0.25) is 14.4 Å². The van der Waals surface area contributed by atoms with Crippen LogP contribution in [0.1, 0.15) is 49.4 Å². The number of likely N-dealkylation sites (tertiary alicyclic amines) is 1. The number of nitrogens with one attached hydrogen (secondary N) is 1. The van der Waals surface area contributed by atoms with E-state index in [4.69, 9.17) is 16.7 Å². The summed E-state index contributed by atoms with van der Waals surface area (Å²) in [5.74, 6) is -1.43. The Balaban J connectivity index is 1.87. The zero-order valence-electron chi connectivity index (χ0n) is 14.7. The third kappa shape index (κ3) is 3.70. The molecule has 1 saturated heterocycles. The molecule has 0 radical (unpaired) electrons. The summed E-state index contributed by atoms with van der Waals surface area (Å²) >= 11 is 6.02. The summed E-state index contributed by atoms with van der Waals surface area (Å²) in [5.41, 5.74) is 0.452. The topological polar surface area (TPSA) is 86.7 Å². The van der Waals surface area contributed by atoms with Crippen LogP contribution in [0, 0.1) is 5.92 Å². The highest BCUT2D eigenvalue weighted by atomic mass is 35.5. The standard InChI is InChI=1S/C19H23ClN2O4/c1-11(19(25)26)21-17(23)16-10-12-5-2-3-8-15(12)22(16)18(24)13-6-4-7-14(20)9-13/h4,6-7,9,11-12,15-16H,2-3,5,8,10H2,1H3,(H,21,23)(H,25,26)/t11-,12?,15?,16?/m0/s1. The lowest BCUT2D eigenvalue weighted by Crippen LogP contribution is -2.52. The van der Waals surface area contributed by atoms with Crippen LogP contribution in [0.2, 0.25) is 5.02 Å². The first-order valence-corrected chi connectivity index (χ1v) is 9.37. The van der Waals surface area contributed by atoms with Crippen molar-refractivity contribution in [2.75, 3.05) is 0 Å². The number of carboxylic acids is 1. The summed E-state index contributed by atoms with van der Waals surface area (Å²) in [7, 11) is 0. The molecule has 0 aromatic heterocycles. The van der Waals surface area contributed by atoms with Gasteiger partial charge >= 0.3 is 5.97 Å². The number of fused-ring (bicyclic) bond motifs is 1. The molecule has 1 aliphatic carbocycles. The Morgan fingerprint density at radius 1 is 1.27 bits per heavy atom. The number of amides is 2. The number of carbonyl (C=O) groups is 3. The van der Waals surface area contributed by atoms with Crippen LogP contribution < -0.4 is 5.32 Å². The number of rotatable bonds is 4. The van der Waals surface area contributed by atoms with Gasteiger partial charge in [-0.1, -0.05) is 30.5 Å². The molecule has 1 heterocycles. The zero-order chi connectivity index (χ0) is 18.8. The number of hydrogen-bond acceptors (Lipinski definition) is 3. The molecule has 1 aliphatic heterocycles. The van der Waals surface area contributed by atoms with Crippen LogP contribution in [0.15, 0.2) is 24.3 Å². The fourth-order valence-corrected chi connectivity index (χ4v) is 4.32. The summed E-state index contributed by atoms with van der Waals surface area (Å²) in [6, 6.07) is 5.10. The van der Waals surface area contributed by atoms with Gasteiger partial charge in [-0.05, 0) is 50.3 Å². The van der Waals surface area contributed by atoms with Gasteiger partial charge in [0.15, 0.2) is 0 Å². The Morgan fingerprint density at radius 2 is 2.00 bits per heavy atom. The lowest BCUT2D eigenvalue weighted by atomic mass is 9.84. The van der Waals surface area contributed by atoms with E-state index in [1.807, 2.05) is 0 Å². The molecule has 3 unspecified atom stereocenters. The molecule has 26 heavy (non-hydrogen) atoms. The van der Waals surface area contributed by atoms with Gasteiger partial charge in [0.1, 0.15) is 12.1 Å². The highest BCUT2D eigenvalue weighted by Crippen LogP contribution is 2.40. The number of aliphatic carboxylic acids is 1. The van der Waals surface area contributed by atoms with E-state index in [9.17, 15) is 14.4 Å². The van der Waals surface area contributed by atoms with Crippen molar-refractivity contribution in [3.63, 3.8) is 0 Å². The Bertz CT molecular complexity index is 723. The molecule has 2 N–H and O–H groups in total. The van der Waals surface area contributed by atoms with Crippen molar-refractivity contribution in [3.8, 4) is 0 Å². The molecular formula is C19H23ClN2O4. The van der Waals surface area contributed by atoms with Crippen molar-refractivity contribution in [3.05, 3.63) is 34.9 Å². The molecule has 3 rings (SSSR count). The van der Waals surface area contributed by atoms with Crippen molar-refractivity contribution in [2.45, 2.75) is 57.2 Å². The maximum absolute atomic E-state index is 13.2. The fourth-order valence-electron chi connectivity index (χ4n) is 4.13. The maximum atomic E-state index is 13.2. The number of halogens is 1. The molecule has 0 spiro atoms. The molecule has 7 heteroatoms. The van der Waals surface area contributed by atoms with Gasteiger partial charge in [-0.25, -0.2) is 0 Å². The minimum atomic E-state index is -1.10. The minimum absolute atomic E-state index is 0.0196. The lowest BCUT2D eigenvalue weighted by Gasteiger charge is -2.34. The predicted octanol–water partition coefficient (Wildman–Crippen LogP) is 2.70. The first-order valence-electron chi connectivity index (χ1n) is 9.00. The molecule has 2 fully saturated rings. The highest BCUT2D eigenvalue weighted by Gasteiger charge is 2.47. The minimum Gasteiger partial charge on any atom is -0.480 e. The van der Waals surface area contributed by atoms with Gasteiger partial charge in [-0.15, -0.1) is 0 Å². The lowest BCUT2D eigenvalue weighted by molar-refractivity contribution is -0.141. The van der Waals surface area contributed by atoms with Gasteiger partial charge in [0.05, 0.1) is 0 Å². The predicted molar refractivity (Wildman–Crippen MR) is 97.0 cm³/mol. The molecular weight excluding hydrogens is 356 g/mol. The zero-order valence-corrected chi connectivity index (χ0v) is 15.4. The van der Waals surface area contributed by atoms with E-state index in [2.05, 4.69) is 5.32 Å². The molecule has 4 atom stereocenters. The summed E-state index contributed by atoms with van der Waals surface area (Å²) in [5, 5.41) is 12.0. The van der Waals surface area contributed by atoms with Crippen LogP contribution in [0.4, 0.5) is 0 Å². The number of hydrogen-bond donors (Lipinski definition) is 2. The van der Waals surface area contributed by atoms with Crippen molar-refractivity contribution in [1.82, 2.24) is 10.2 Å². The van der Waals surface area contributed by atoms with E-state index >= 15 is 0 Å². The quantitative estimate of drug-likeness (QED) is 0.843. The van der Waals surface area contributed by atoms with E-state index in [1.54, 1.807) is 29.2 Å². The molecule has 0 bridgehead atoms. The SMILES string of the molecule is C[C@H](NC(=O)C1CC2CCCCC2N1C(=O)c1cccc(Cl)c1)C(=O)O. The Kier molecular flexibility index (Phi) is 5.51. The molecule has 1 aromatic rings. The molecule has 140 valence electrons. The largest absolute Gasteiger partial charge is 0.480 e. The fraction of sp³-hybridized carbons (Fsp3) is 0.526. The van der Waals surface area contributed by atoms with Crippen LogP contribution in [0.25, 0.3) is 0 Å². The second-order valence-electron chi connectivity index (χ2n) is 7.15. The van der Waals surface area contributed by atoms with Gasteiger partial charge in [0.2, 0.25) is 5.91 Å². The van der Waals surface area contributed by atoms with Crippen LogP contribution in [-0.4, -0.2) is 45.9 Å². The summed E-state index contributed by atoms with van der Waals surface area (Å²) in [4.78, 5) is 38.6. The van der Waals surface area contributed by atoms with Crippen molar-refractivity contribution in [2.24, 2.45) is 5.92 Å². The molecule has 1 aromatic carbocycles. The van der Waals surface area contributed by atoms with Crippen molar-refractivity contribution in [1.29, 1.82) is 0 Å². The average molecular weight is 379 g/mol. The molecule has 1 saturated carbocycles. The van der Waals surface area contributed by atoms with Crippen LogP contribution in [0.5, 0.6) is 0 Å². The molecule has 2 aliphatic rings. The van der Waals surface area contributed by atoms with E-state index in [0.29, 0.717) is 17.0 Å². The number of carboxylic acid groups (broad SMARTS) is 1. The second kappa shape index (κ2) is 7.66. The van der Waals surface area contributed by atoms with Gasteiger partial charge in [0, 0.05) is 16.6 Å². The second-order valence-corrected chi connectivity index (χ2v) is 7.59.